The number of hydrogen-bond donors (Lipinski definition) is 1. The molecule has 0 amide bonds. The molecule has 1 aromatic rings. The maximum absolute atomic E-state index is 4.70. The van der Waals surface area contributed by atoms with Gasteiger partial charge in [-0.15, -0.1) is 0 Å². The van der Waals surface area contributed by atoms with Crippen LogP contribution in [-0.2, 0) is 6.54 Å². The lowest BCUT2D eigenvalue weighted by Crippen LogP contribution is -2.44. The zero-order valence-corrected chi connectivity index (χ0v) is 16.1. The van der Waals surface area contributed by atoms with Gasteiger partial charge in [-0.3, -0.25) is 0 Å². The van der Waals surface area contributed by atoms with E-state index < -0.39 is 0 Å². The lowest BCUT2D eigenvalue weighted by atomic mass is 10.1. The van der Waals surface area contributed by atoms with Gasteiger partial charge in [-0.05, 0) is 56.6 Å². The number of nitrogens with zero attached hydrogens (tertiary/aromatic N) is 2. The number of aromatic nitrogens is 1. The minimum absolute atomic E-state index is 0.108. The summed E-state index contributed by atoms with van der Waals surface area (Å²) in [4.78, 5) is 7.13. The summed E-state index contributed by atoms with van der Waals surface area (Å²) in [6, 6.07) is 2.19. The van der Waals surface area contributed by atoms with Crippen molar-refractivity contribution in [2.24, 2.45) is 0 Å². The summed E-state index contributed by atoms with van der Waals surface area (Å²) < 4.78 is 1.34. The van der Waals surface area contributed by atoms with E-state index in [2.05, 4.69) is 78.6 Å². The molecule has 2 heterocycles. The molecule has 1 aromatic heterocycles. The molecule has 0 saturated carbocycles. The molecule has 1 aliphatic rings. The van der Waals surface area contributed by atoms with E-state index in [9.17, 15) is 0 Å². The topological polar surface area (TPSA) is 28.2 Å². The number of hydrogen-bond acceptors (Lipinski definition) is 4. The van der Waals surface area contributed by atoms with Gasteiger partial charge >= 0.3 is 0 Å². The summed E-state index contributed by atoms with van der Waals surface area (Å²) in [5.41, 5.74) is 1.37. The lowest BCUT2D eigenvalue weighted by molar-refractivity contribution is 0.423. The van der Waals surface area contributed by atoms with Gasteiger partial charge in [0.2, 0.25) is 0 Å². The van der Waals surface area contributed by atoms with Gasteiger partial charge in [-0.25, -0.2) is 4.98 Å². The molecule has 21 heavy (non-hydrogen) atoms. The van der Waals surface area contributed by atoms with Crippen molar-refractivity contribution in [1.82, 2.24) is 10.3 Å². The zero-order valence-electron chi connectivity index (χ0n) is 13.7. The Bertz CT molecular complexity index is 497. The van der Waals surface area contributed by atoms with Gasteiger partial charge in [0, 0.05) is 51.9 Å². The van der Waals surface area contributed by atoms with Crippen LogP contribution < -0.4 is 10.2 Å². The van der Waals surface area contributed by atoms with Crippen molar-refractivity contribution in [1.29, 1.82) is 0 Å². The smallest absolute Gasteiger partial charge is 0.133 e. The van der Waals surface area contributed by atoms with Crippen LogP contribution in [0, 0.1) is 0 Å². The molecule has 2 rings (SSSR count). The molecule has 0 spiro atoms. The third-order valence-corrected chi connectivity index (χ3v) is 5.17. The summed E-state index contributed by atoms with van der Waals surface area (Å²) >= 11 is 5.60. The van der Waals surface area contributed by atoms with Crippen molar-refractivity contribution >= 4 is 33.5 Å². The van der Waals surface area contributed by atoms with Crippen molar-refractivity contribution in [3.8, 4) is 0 Å². The first-order valence-electron chi connectivity index (χ1n) is 7.45. The minimum Gasteiger partial charge on any atom is -0.354 e. The normalized spacial score (nSPS) is 18.9. The molecule has 0 atom stereocenters. The Labute approximate surface area is 141 Å². The second-order valence-electron chi connectivity index (χ2n) is 7.27. The fraction of sp³-hybridized carbons (Fsp3) is 0.688. The summed E-state index contributed by atoms with van der Waals surface area (Å²) in [6.07, 6.45) is 1.91. The quantitative estimate of drug-likeness (QED) is 0.866. The van der Waals surface area contributed by atoms with E-state index in [1.54, 1.807) is 0 Å². The van der Waals surface area contributed by atoms with Crippen LogP contribution in [0.3, 0.4) is 0 Å². The molecule has 1 aliphatic heterocycles. The van der Waals surface area contributed by atoms with E-state index in [1.165, 1.54) is 5.56 Å². The van der Waals surface area contributed by atoms with Gasteiger partial charge in [0.1, 0.15) is 5.82 Å². The number of halogens is 1. The Balaban J connectivity index is 2.22. The number of rotatable bonds is 3. The molecule has 1 saturated heterocycles. The molecule has 0 bridgehead atoms. The maximum atomic E-state index is 4.70. The van der Waals surface area contributed by atoms with Crippen LogP contribution in [0.25, 0.3) is 0 Å². The van der Waals surface area contributed by atoms with Gasteiger partial charge in [0.15, 0.2) is 0 Å². The van der Waals surface area contributed by atoms with E-state index in [0.717, 1.165) is 35.7 Å². The van der Waals surface area contributed by atoms with Crippen LogP contribution in [-0.4, -0.2) is 34.1 Å². The standard InChI is InChI=1S/C16H26BrN3S/c1-15(2,3)19-9-12-8-13(17)10-18-14(12)20-6-7-21-16(4,5)11-20/h8,10,19H,6-7,9,11H2,1-5H3. The fourth-order valence-corrected chi connectivity index (χ4v) is 3.94. The van der Waals surface area contributed by atoms with E-state index in [0.29, 0.717) is 4.75 Å². The molecule has 0 aromatic carbocycles. The largest absolute Gasteiger partial charge is 0.354 e. The van der Waals surface area contributed by atoms with Crippen LogP contribution in [0.1, 0.15) is 40.2 Å². The van der Waals surface area contributed by atoms with Crippen LogP contribution in [0.4, 0.5) is 5.82 Å². The Kier molecular flexibility index (Phi) is 5.27. The highest BCUT2D eigenvalue weighted by Gasteiger charge is 2.29. The molecule has 0 radical (unpaired) electrons. The van der Waals surface area contributed by atoms with Crippen molar-refractivity contribution in [2.45, 2.75) is 51.4 Å². The van der Waals surface area contributed by atoms with Crippen LogP contribution in [0.15, 0.2) is 16.7 Å². The first-order chi connectivity index (χ1) is 9.66. The van der Waals surface area contributed by atoms with E-state index >= 15 is 0 Å². The van der Waals surface area contributed by atoms with Gasteiger partial charge in [0.05, 0.1) is 0 Å². The molecule has 0 aliphatic carbocycles. The minimum atomic E-state index is 0.108. The van der Waals surface area contributed by atoms with Crippen LogP contribution in [0.5, 0.6) is 0 Å². The maximum Gasteiger partial charge on any atom is 0.133 e. The Hall–Kier alpha value is -0.260. The second-order valence-corrected chi connectivity index (χ2v) is 9.99. The molecule has 3 nitrogen and oxygen atoms in total. The summed E-state index contributed by atoms with van der Waals surface area (Å²) in [6.45, 7) is 14.2. The highest BCUT2D eigenvalue weighted by molar-refractivity contribution is 9.10. The molecular formula is C16H26BrN3S. The predicted octanol–water partition coefficient (Wildman–Crippen LogP) is 4.06. The first-order valence-corrected chi connectivity index (χ1v) is 9.22. The molecule has 118 valence electrons. The molecular weight excluding hydrogens is 346 g/mol. The van der Waals surface area contributed by atoms with Crippen LogP contribution in [0.2, 0.25) is 0 Å². The van der Waals surface area contributed by atoms with Crippen molar-refractivity contribution in [3.05, 3.63) is 22.3 Å². The third-order valence-electron chi connectivity index (χ3n) is 3.44. The molecule has 5 heteroatoms. The van der Waals surface area contributed by atoms with Crippen molar-refractivity contribution in [2.75, 3.05) is 23.7 Å². The third kappa shape index (κ3) is 5.15. The number of pyridine rings is 1. The highest BCUT2D eigenvalue weighted by atomic mass is 79.9. The predicted molar refractivity (Wildman–Crippen MR) is 97.3 cm³/mol. The SMILES string of the molecule is CC(C)(C)NCc1cc(Br)cnc1N1CCSC(C)(C)C1. The molecule has 1 N–H and O–H groups in total. The first kappa shape index (κ1) is 17.1. The van der Waals surface area contributed by atoms with Gasteiger partial charge < -0.3 is 10.2 Å². The van der Waals surface area contributed by atoms with Gasteiger partial charge in [-0.1, -0.05) is 0 Å². The summed E-state index contributed by atoms with van der Waals surface area (Å²) in [5, 5.41) is 3.57. The van der Waals surface area contributed by atoms with Gasteiger partial charge in [0.25, 0.3) is 0 Å². The zero-order chi connectivity index (χ0) is 15.7. The fourth-order valence-electron chi connectivity index (χ4n) is 2.45. The average Bonchev–Trinajstić information content (AvgIpc) is 2.34. The van der Waals surface area contributed by atoms with E-state index in [-0.39, 0.29) is 5.54 Å². The Morgan fingerprint density at radius 3 is 2.76 bits per heavy atom. The lowest BCUT2D eigenvalue weighted by Gasteiger charge is -2.39. The number of anilines is 1. The van der Waals surface area contributed by atoms with Gasteiger partial charge in [-0.2, -0.15) is 11.8 Å². The number of nitrogens with one attached hydrogen (secondary N) is 1. The molecule has 0 unspecified atom stereocenters. The average molecular weight is 372 g/mol. The van der Waals surface area contributed by atoms with Crippen molar-refractivity contribution in [3.63, 3.8) is 0 Å². The Morgan fingerprint density at radius 2 is 2.14 bits per heavy atom. The highest BCUT2D eigenvalue weighted by Crippen LogP contribution is 2.33. The summed E-state index contributed by atoms with van der Waals surface area (Å²) in [5.74, 6) is 2.29. The number of thioether (sulfide) groups is 1. The summed E-state index contributed by atoms with van der Waals surface area (Å²) in [7, 11) is 0. The Morgan fingerprint density at radius 1 is 1.43 bits per heavy atom. The van der Waals surface area contributed by atoms with Crippen LogP contribution >= 0.6 is 27.7 Å². The van der Waals surface area contributed by atoms with Crippen molar-refractivity contribution < 1.29 is 0 Å². The molecule has 1 fully saturated rings. The monoisotopic (exact) mass is 371 g/mol. The second kappa shape index (κ2) is 6.47. The van der Waals surface area contributed by atoms with E-state index in [4.69, 9.17) is 4.98 Å². The van der Waals surface area contributed by atoms with E-state index in [1.807, 2.05) is 6.20 Å².